The van der Waals surface area contributed by atoms with Crippen molar-refractivity contribution in [1.29, 1.82) is 0 Å². The molecule has 1 aliphatic heterocycles. The zero-order chi connectivity index (χ0) is 21.0. The van der Waals surface area contributed by atoms with E-state index in [4.69, 9.17) is 12.2 Å². The molecule has 0 saturated carbocycles. The van der Waals surface area contributed by atoms with E-state index in [0.29, 0.717) is 6.54 Å². The number of thiocarbonyl (C=S) groups is 1. The molecule has 0 spiro atoms. The summed E-state index contributed by atoms with van der Waals surface area (Å²) in [5, 5.41) is 4.24. The summed E-state index contributed by atoms with van der Waals surface area (Å²) in [5.41, 5.74) is 4.42. The van der Waals surface area contributed by atoms with Crippen LogP contribution in [0.1, 0.15) is 34.6 Å². The van der Waals surface area contributed by atoms with Gasteiger partial charge in [-0.05, 0) is 59.7 Å². The van der Waals surface area contributed by atoms with Gasteiger partial charge in [0.1, 0.15) is 0 Å². The van der Waals surface area contributed by atoms with E-state index >= 15 is 0 Å². The van der Waals surface area contributed by atoms with Gasteiger partial charge in [0, 0.05) is 56.0 Å². The van der Waals surface area contributed by atoms with Gasteiger partial charge in [-0.1, -0.05) is 18.2 Å². The molecular weight excluding hydrogens is 404 g/mol. The Labute approximate surface area is 186 Å². The van der Waals surface area contributed by atoms with Crippen molar-refractivity contribution < 1.29 is 0 Å². The highest BCUT2D eigenvalue weighted by Gasteiger charge is 2.41. The Balaban J connectivity index is 1.54. The number of pyridine rings is 3. The first-order chi connectivity index (χ1) is 15.3. The van der Waals surface area contributed by atoms with Gasteiger partial charge in [-0.2, -0.15) is 0 Å². The van der Waals surface area contributed by atoms with E-state index < -0.39 is 0 Å². The fourth-order valence-electron chi connectivity index (χ4n) is 4.11. The molecule has 1 N–H and O–H groups in total. The minimum atomic E-state index is -0.0482. The molecule has 5 heterocycles. The lowest BCUT2D eigenvalue weighted by Gasteiger charge is -2.29. The summed E-state index contributed by atoms with van der Waals surface area (Å²) in [6.07, 6.45) is 11.3. The molecule has 2 unspecified atom stereocenters. The van der Waals surface area contributed by atoms with Crippen LogP contribution in [0.15, 0.2) is 91.8 Å². The van der Waals surface area contributed by atoms with Crippen LogP contribution in [0.3, 0.4) is 0 Å². The highest BCUT2D eigenvalue weighted by Crippen LogP contribution is 2.39. The third kappa shape index (κ3) is 4.04. The largest absolute Gasteiger partial charge is 0.352 e. The summed E-state index contributed by atoms with van der Waals surface area (Å²) in [5.74, 6) is 0. The quantitative estimate of drug-likeness (QED) is 0.472. The molecule has 1 saturated heterocycles. The molecule has 1 aliphatic rings. The van der Waals surface area contributed by atoms with E-state index in [2.05, 4.69) is 66.3 Å². The van der Waals surface area contributed by atoms with Crippen LogP contribution in [0, 0.1) is 0 Å². The van der Waals surface area contributed by atoms with Gasteiger partial charge >= 0.3 is 0 Å². The summed E-state index contributed by atoms with van der Waals surface area (Å²) >= 11 is 5.79. The molecule has 4 aromatic rings. The van der Waals surface area contributed by atoms with Crippen molar-refractivity contribution in [2.75, 3.05) is 0 Å². The second-order valence-electron chi connectivity index (χ2n) is 7.54. The molecule has 0 amide bonds. The predicted octanol–water partition coefficient (Wildman–Crippen LogP) is 3.89. The van der Waals surface area contributed by atoms with Crippen molar-refractivity contribution in [3.8, 4) is 0 Å². The summed E-state index contributed by atoms with van der Waals surface area (Å²) in [6.45, 7) is 1.42. The number of hydrogen-bond acceptors (Lipinski definition) is 4. The van der Waals surface area contributed by atoms with Crippen LogP contribution in [-0.4, -0.2) is 29.5 Å². The average Bonchev–Trinajstić information content (AvgIpc) is 3.40. The van der Waals surface area contributed by atoms with Crippen LogP contribution in [0.4, 0.5) is 0 Å². The highest BCUT2D eigenvalue weighted by molar-refractivity contribution is 7.80. The average molecular weight is 427 g/mol. The van der Waals surface area contributed by atoms with Crippen molar-refractivity contribution in [2.45, 2.75) is 25.2 Å². The molecule has 1 fully saturated rings. The van der Waals surface area contributed by atoms with Crippen LogP contribution in [0.5, 0.6) is 0 Å². The second-order valence-corrected chi connectivity index (χ2v) is 7.92. The maximum absolute atomic E-state index is 5.79. The van der Waals surface area contributed by atoms with E-state index in [1.54, 1.807) is 12.4 Å². The molecule has 6 nitrogen and oxygen atoms in total. The predicted molar refractivity (Wildman–Crippen MR) is 123 cm³/mol. The first kappa shape index (κ1) is 19.4. The lowest BCUT2D eigenvalue weighted by Crippen LogP contribution is -2.30. The molecule has 5 rings (SSSR count). The minimum absolute atomic E-state index is 0.00530. The Morgan fingerprint density at radius 2 is 1.61 bits per heavy atom. The summed E-state index contributed by atoms with van der Waals surface area (Å²) < 4.78 is 2.27. The van der Waals surface area contributed by atoms with Gasteiger partial charge in [0.15, 0.2) is 5.11 Å². The third-order valence-electron chi connectivity index (χ3n) is 5.52. The monoisotopic (exact) mass is 426 g/mol. The summed E-state index contributed by atoms with van der Waals surface area (Å²) in [7, 11) is 0. The van der Waals surface area contributed by atoms with Crippen molar-refractivity contribution in [3.63, 3.8) is 0 Å². The second kappa shape index (κ2) is 8.65. The van der Waals surface area contributed by atoms with Crippen LogP contribution < -0.4 is 5.32 Å². The van der Waals surface area contributed by atoms with Crippen LogP contribution in [0.2, 0.25) is 0 Å². The van der Waals surface area contributed by atoms with Gasteiger partial charge in [0.05, 0.1) is 17.8 Å². The van der Waals surface area contributed by atoms with Gasteiger partial charge in [-0.3, -0.25) is 15.0 Å². The van der Waals surface area contributed by atoms with Crippen molar-refractivity contribution in [2.24, 2.45) is 0 Å². The number of rotatable bonds is 6. The lowest BCUT2D eigenvalue weighted by molar-refractivity contribution is 0.298. The maximum atomic E-state index is 5.79. The number of nitrogens with one attached hydrogen (secondary N) is 1. The Hall–Kier alpha value is -3.58. The van der Waals surface area contributed by atoms with Crippen LogP contribution in [-0.2, 0) is 13.1 Å². The van der Waals surface area contributed by atoms with E-state index in [9.17, 15) is 0 Å². The normalized spacial score (nSPS) is 18.2. The standard InChI is InChI=1S/C24H22N6S/c31-24-28-22(20-8-1-2-12-27-20)23(30(24)17-19-7-4-11-26-15-19)21-9-5-13-29(21)16-18-6-3-10-25-14-18/h1-15,22-23H,16-17H2,(H,28,31). The van der Waals surface area contributed by atoms with E-state index in [-0.39, 0.29) is 12.1 Å². The third-order valence-corrected chi connectivity index (χ3v) is 5.87. The molecule has 0 bridgehead atoms. The molecule has 0 aliphatic carbocycles. The summed E-state index contributed by atoms with van der Waals surface area (Å²) in [6, 6.07) is 18.3. The Morgan fingerprint density at radius 1 is 0.839 bits per heavy atom. The van der Waals surface area contributed by atoms with Gasteiger partial charge in [0.25, 0.3) is 0 Å². The topological polar surface area (TPSA) is 58.9 Å². The zero-order valence-corrected chi connectivity index (χ0v) is 17.7. The summed E-state index contributed by atoms with van der Waals surface area (Å²) in [4.78, 5) is 15.4. The minimum Gasteiger partial charge on any atom is -0.352 e. The molecular formula is C24H22N6S. The Kier molecular flexibility index (Phi) is 5.41. The van der Waals surface area contributed by atoms with E-state index in [1.807, 2.05) is 42.9 Å². The molecule has 2 atom stereocenters. The van der Waals surface area contributed by atoms with Crippen LogP contribution in [0.25, 0.3) is 0 Å². The van der Waals surface area contributed by atoms with Crippen molar-refractivity contribution in [1.82, 2.24) is 29.7 Å². The van der Waals surface area contributed by atoms with Crippen LogP contribution >= 0.6 is 12.2 Å². The maximum Gasteiger partial charge on any atom is 0.170 e. The van der Waals surface area contributed by atoms with Crippen molar-refractivity contribution in [3.05, 3.63) is 114 Å². The number of nitrogens with zero attached hydrogens (tertiary/aromatic N) is 5. The van der Waals surface area contributed by atoms with Gasteiger partial charge in [-0.25, -0.2) is 0 Å². The van der Waals surface area contributed by atoms with E-state index in [1.165, 1.54) is 5.69 Å². The fourth-order valence-corrected chi connectivity index (χ4v) is 4.42. The zero-order valence-electron chi connectivity index (χ0n) is 16.9. The molecule has 31 heavy (non-hydrogen) atoms. The Morgan fingerprint density at radius 3 is 2.29 bits per heavy atom. The molecule has 154 valence electrons. The first-order valence-corrected chi connectivity index (χ1v) is 10.6. The van der Waals surface area contributed by atoms with Gasteiger partial charge < -0.3 is 14.8 Å². The number of hydrogen-bond donors (Lipinski definition) is 1. The smallest absolute Gasteiger partial charge is 0.170 e. The Bertz CT molecular complexity index is 1150. The van der Waals surface area contributed by atoms with E-state index in [0.717, 1.165) is 28.5 Å². The molecule has 0 radical (unpaired) electrons. The lowest BCUT2D eigenvalue weighted by atomic mass is 10.0. The number of aromatic nitrogens is 4. The van der Waals surface area contributed by atoms with Gasteiger partial charge in [0.2, 0.25) is 0 Å². The molecule has 0 aromatic carbocycles. The molecule has 4 aromatic heterocycles. The highest BCUT2D eigenvalue weighted by atomic mass is 32.1. The van der Waals surface area contributed by atoms with Gasteiger partial charge in [-0.15, -0.1) is 0 Å². The fraction of sp³-hybridized carbons (Fsp3) is 0.167. The first-order valence-electron chi connectivity index (χ1n) is 10.2. The van der Waals surface area contributed by atoms with Crippen molar-refractivity contribution >= 4 is 17.3 Å². The molecule has 7 heteroatoms. The SMILES string of the molecule is S=C1NC(c2ccccn2)C(c2cccn2Cc2cccnc2)N1Cc1cccnc1.